The summed E-state index contributed by atoms with van der Waals surface area (Å²) in [7, 11) is -1.29. The first-order chi connectivity index (χ1) is 7.95. The quantitative estimate of drug-likeness (QED) is 0.852. The summed E-state index contributed by atoms with van der Waals surface area (Å²) in [5.41, 5.74) is 2.25. The fourth-order valence-electron chi connectivity index (χ4n) is 1.34. The van der Waals surface area contributed by atoms with Crippen LogP contribution in [0.5, 0.6) is 0 Å². The van der Waals surface area contributed by atoms with Crippen LogP contribution in [0.2, 0.25) is 0 Å². The van der Waals surface area contributed by atoms with Crippen LogP contribution < -0.4 is 5.32 Å². The molecule has 1 unspecified atom stereocenters. The Bertz CT molecular complexity index is 440. The molecule has 0 fully saturated rings. The van der Waals surface area contributed by atoms with Crippen LogP contribution >= 0.6 is 11.3 Å². The van der Waals surface area contributed by atoms with E-state index in [-0.39, 0.29) is 24.0 Å². The van der Waals surface area contributed by atoms with Gasteiger partial charge in [0.15, 0.2) is 0 Å². The van der Waals surface area contributed by atoms with Gasteiger partial charge in [-0.3, -0.25) is 9.00 Å². The predicted molar refractivity (Wildman–Crippen MR) is 72.1 cm³/mol. The molecule has 1 heterocycles. The Hall–Kier alpha value is -0.720. The molecule has 0 aliphatic heterocycles. The lowest BCUT2D eigenvalue weighted by Crippen LogP contribution is -2.21. The molecule has 1 atom stereocenters. The Morgan fingerprint density at radius 2 is 2.00 bits per heavy atom. The first kappa shape index (κ1) is 14.3. The Labute approximate surface area is 108 Å². The number of hydrogen-bond donors (Lipinski definition) is 2. The molecule has 0 spiro atoms. The van der Waals surface area contributed by atoms with Gasteiger partial charge in [0.05, 0.1) is 11.6 Å². The topological polar surface area (TPSA) is 66.4 Å². The molecule has 1 aromatic rings. The zero-order chi connectivity index (χ0) is 13.0. The summed E-state index contributed by atoms with van der Waals surface area (Å²) in [6.45, 7) is 5.82. The minimum Gasteiger partial charge on any atom is -0.395 e. The standard InChI is InChI=1S/C11H17NO3S2/c1-7-8(2)11(16-9(7)3)12-10(14)6-17(15)5-4-13/h13H,4-6H2,1-3H3,(H,12,14). The van der Waals surface area contributed by atoms with Crippen LogP contribution in [-0.4, -0.2) is 33.3 Å². The van der Waals surface area contributed by atoms with Gasteiger partial charge in [0, 0.05) is 21.4 Å². The number of aliphatic hydroxyl groups excluding tert-OH is 1. The molecule has 0 bridgehead atoms. The molecule has 6 heteroatoms. The summed E-state index contributed by atoms with van der Waals surface area (Å²) in [5.74, 6) is -0.175. The van der Waals surface area contributed by atoms with Gasteiger partial charge in [-0.2, -0.15) is 0 Å². The lowest BCUT2D eigenvalue weighted by atomic mass is 10.2. The zero-order valence-electron chi connectivity index (χ0n) is 10.2. The maximum Gasteiger partial charge on any atom is 0.237 e. The average Bonchev–Trinajstić information content (AvgIpc) is 2.46. The normalized spacial score (nSPS) is 12.5. The molecule has 4 nitrogen and oxygen atoms in total. The van der Waals surface area contributed by atoms with Crippen LogP contribution in [0.15, 0.2) is 0 Å². The van der Waals surface area contributed by atoms with E-state index < -0.39 is 10.8 Å². The van der Waals surface area contributed by atoms with Crippen molar-refractivity contribution in [2.75, 3.05) is 23.4 Å². The van der Waals surface area contributed by atoms with Gasteiger partial charge in [-0.05, 0) is 31.9 Å². The van der Waals surface area contributed by atoms with Crippen LogP contribution in [0.25, 0.3) is 0 Å². The zero-order valence-corrected chi connectivity index (χ0v) is 11.8. The molecule has 0 aliphatic carbocycles. The van der Waals surface area contributed by atoms with Gasteiger partial charge >= 0.3 is 0 Å². The molecule has 0 aromatic carbocycles. The number of carbonyl (C=O) groups is 1. The van der Waals surface area contributed by atoms with Gasteiger partial charge in [-0.15, -0.1) is 11.3 Å². The Balaban J connectivity index is 2.62. The van der Waals surface area contributed by atoms with Crippen LogP contribution in [0.3, 0.4) is 0 Å². The van der Waals surface area contributed by atoms with Crippen LogP contribution in [-0.2, 0) is 15.6 Å². The SMILES string of the molecule is Cc1sc(NC(=O)CS(=O)CCO)c(C)c1C. The van der Waals surface area contributed by atoms with Gasteiger partial charge in [0.2, 0.25) is 5.91 Å². The van der Waals surface area contributed by atoms with E-state index in [0.29, 0.717) is 0 Å². The molecule has 1 rings (SSSR count). The van der Waals surface area contributed by atoms with Crippen molar-refractivity contribution in [2.24, 2.45) is 0 Å². The number of thiophene rings is 1. The highest BCUT2D eigenvalue weighted by molar-refractivity contribution is 7.85. The third kappa shape index (κ3) is 3.90. The molecule has 0 aliphatic rings. The fourth-order valence-corrected chi connectivity index (χ4v) is 3.14. The molecule has 0 saturated carbocycles. The number of rotatable bonds is 5. The van der Waals surface area contributed by atoms with Crippen molar-refractivity contribution >= 4 is 33.0 Å². The highest BCUT2D eigenvalue weighted by atomic mass is 32.2. The Morgan fingerprint density at radius 1 is 1.35 bits per heavy atom. The molecule has 0 saturated heterocycles. The van der Waals surface area contributed by atoms with Crippen LogP contribution in [0, 0.1) is 20.8 Å². The molecular weight excluding hydrogens is 258 g/mol. The first-order valence-electron chi connectivity index (χ1n) is 5.28. The smallest absolute Gasteiger partial charge is 0.237 e. The number of nitrogens with one attached hydrogen (secondary N) is 1. The van der Waals surface area contributed by atoms with E-state index in [9.17, 15) is 9.00 Å². The third-order valence-corrected chi connectivity index (χ3v) is 5.00. The second-order valence-corrected chi connectivity index (χ2v) is 6.60. The van der Waals surface area contributed by atoms with Crippen molar-refractivity contribution in [2.45, 2.75) is 20.8 Å². The molecule has 0 radical (unpaired) electrons. The van der Waals surface area contributed by atoms with Gasteiger partial charge in [0.1, 0.15) is 5.75 Å². The van der Waals surface area contributed by atoms with Gasteiger partial charge in [0.25, 0.3) is 0 Å². The van der Waals surface area contributed by atoms with Gasteiger partial charge in [-0.1, -0.05) is 0 Å². The second kappa shape index (κ2) is 6.28. The van der Waals surface area contributed by atoms with Crippen LogP contribution in [0.4, 0.5) is 5.00 Å². The molecular formula is C11H17NO3S2. The van der Waals surface area contributed by atoms with Crippen molar-refractivity contribution in [3.05, 3.63) is 16.0 Å². The largest absolute Gasteiger partial charge is 0.395 e. The summed E-state index contributed by atoms with van der Waals surface area (Å²) in [4.78, 5) is 12.8. The van der Waals surface area contributed by atoms with Crippen molar-refractivity contribution in [3.63, 3.8) is 0 Å². The fraction of sp³-hybridized carbons (Fsp3) is 0.545. The molecule has 1 amide bonds. The van der Waals surface area contributed by atoms with Crippen molar-refractivity contribution in [3.8, 4) is 0 Å². The lowest BCUT2D eigenvalue weighted by molar-refractivity contribution is -0.113. The number of anilines is 1. The van der Waals surface area contributed by atoms with E-state index in [1.54, 1.807) is 0 Å². The highest BCUT2D eigenvalue weighted by Crippen LogP contribution is 2.31. The number of amides is 1. The van der Waals surface area contributed by atoms with E-state index in [0.717, 1.165) is 10.6 Å². The highest BCUT2D eigenvalue weighted by Gasteiger charge is 2.13. The number of carbonyl (C=O) groups excluding carboxylic acids is 1. The summed E-state index contributed by atoms with van der Waals surface area (Å²) in [6, 6.07) is 0. The minimum atomic E-state index is -1.29. The molecule has 1 aromatic heterocycles. The summed E-state index contributed by atoms with van der Waals surface area (Å²) in [5, 5.41) is 12.2. The maximum atomic E-state index is 11.6. The third-order valence-electron chi connectivity index (χ3n) is 2.55. The maximum absolute atomic E-state index is 11.6. The summed E-state index contributed by atoms with van der Waals surface area (Å²) < 4.78 is 11.3. The lowest BCUT2D eigenvalue weighted by Gasteiger charge is -2.03. The minimum absolute atomic E-state index is 0.0595. The van der Waals surface area contributed by atoms with Crippen molar-refractivity contribution in [1.29, 1.82) is 0 Å². The van der Waals surface area contributed by atoms with E-state index in [2.05, 4.69) is 5.32 Å². The van der Waals surface area contributed by atoms with Gasteiger partial charge in [-0.25, -0.2) is 0 Å². The van der Waals surface area contributed by atoms with E-state index in [1.807, 2.05) is 20.8 Å². The monoisotopic (exact) mass is 275 g/mol. The predicted octanol–water partition coefficient (Wildman–Crippen LogP) is 1.35. The molecule has 96 valence electrons. The number of aliphatic hydroxyl groups is 1. The molecule has 17 heavy (non-hydrogen) atoms. The summed E-state index contributed by atoms with van der Waals surface area (Å²) in [6.07, 6.45) is 0. The van der Waals surface area contributed by atoms with E-state index in [1.165, 1.54) is 21.8 Å². The Morgan fingerprint density at radius 3 is 2.47 bits per heavy atom. The Kier molecular flexibility index (Phi) is 5.30. The van der Waals surface area contributed by atoms with Gasteiger partial charge < -0.3 is 10.4 Å². The number of aryl methyl sites for hydroxylation is 1. The van der Waals surface area contributed by atoms with Crippen molar-refractivity contribution < 1.29 is 14.1 Å². The number of hydrogen-bond acceptors (Lipinski definition) is 4. The van der Waals surface area contributed by atoms with Crippen molar-refractivity contribution in [1.82, 2.24) is 0 Å². The molecule has 2 N–H and O–H groups in total. The second-order valence-electron chi connectivity index (χ2n) is 3.80. The van der Waals surface area contributed by atoms with Crippen LogP contribution in [0.1, 0.15) is 16.0 Å². The summed E-state index contributed by atoms with van der Waals surface area (Å²) >= 11 is 1.53. The first-order valence-corrected chi connectivity index (χ1v) is 7.58. The van der Waals surface area contributed by atoms with E-state index >= 15 is 0 Å². The average molecular weight is 275 g/mol. The van der Waals surface area contributed by atoms with E-state index in [4.69, 9.17) is 5.11 Å².